The first-order chi connectivity index (χ1) is 17.8. The summed E-state index contributed by atoms with van der Waals surface area (Å²) in [6, 6.07) is 25.6. The third kappa shape index (κ3) is 6.95. The van der Waals surface area contributed by atoms with Gasteiger partial charge in [0, 0.05) is 6.54 Å². The predicted octanol–water partition coefficient (Wildman–Crippen LogP) is 3.02. The molecule has 0 aliphatic carbocycles. The lowest BCUT2D eigenvalue weighted by atomic mass is 9.76. The van der Waals surface area contributed by atoms with Crippen LogP contribution in [0.15, 0.2) is 89.9 Å². The number of benzene rings is 3. The summed E-state index contributed by atoms with van der Waals surface area (Å²) in [7, 11) is 1.58. The van der Waals surface area contributed by atoms with Crippen LogP contribution in [0.2, 0.25) is 0 Å². The van der Waals surface area contributed by atoms with Crippen LogP contribution in [0, 0.1) is 0 Å². The van der Waals surface area contributed by atoms with Crippen LogP contribution >= 0.6 is 0 Å². The highest BCUT2D eigenvalue weighted by Crippen LogP contribution is 2.31. The number of nitrogens with two attached hydrogens (primary N) is 3. The van der Waals surface area contributed by atoms with Gasteiger partial charge in [0.25, 0.3) is 0 Å². The molecule has 2 atom stereocenters. The summed E-state index contributed by atoms with van der Waals surface area (Å²) in [6.45, 7) is 2.08. The molecule has 0 heterocycles. The second kappa shape index (κ2) is 12.7. The summed E-state index contributed by atoms with van der Waals surface area (Å²) in [5, 5.41) is 2.95. The molecule has 194 valence electrons. The molecule has 3 rings (SSSR count). The summed E-state index contributed by atoms with van der Waals surface area (Å²) in [5.74, 6) is -1.08. The number of nitrogens with zero attached hydrogens (tertiary/aromatic N) is 1. The lowest BCUT2D eigenvalue weighted by Crippen LogP contribution is -2.61. The summed E-state index contributed by atoms with van der Waals surface area (Å²) in [5.41, 5.74) is 18.2. The van der Waals surface area contributed by atoms with E-state index >= 15 is 0 Å². The molecule has 0 radical (unpaired) electrons. The number of hydrogen-bond acceptors (Lipinski definition) is 5. The average molecular weight is 502 g/mol. The van der Waals surface area contributed by atoms with Crippen molar-refractivity contribution in [2.24, 2.45) is 22.2 Å². The molecule has 3 aromatic rings. The minimum absolute atomic E-state index is 0.0588. The van der Waals surface area contributed by atoms with E-state index in [0.717, 1.165) is 16.7 Å². The van der Waals surface area contributed by atoms with E-state index in [-0.39, 0.29) is 18.9 Å². The Kier molecular flexibility index (Phi) is 9.40. The number of nitrogens with one attached hydrogen (secondary N) is 1. The van der Waals surface area contributed by atoms with Gasteiger partial charge in [-0.1, -0.05) is 72.8 Å². The molecule has 3 aromatic carbocycles. The van der Waals surface area contributed by atoms with Crippen LogP contribution in [0.25, 0.3) is 0 Å². The third-order valence-corrected chi connectivity index (χ3v) is 6.34. The van der Waals surface area contributed by atoms with Crippen molar-refractivity contribution in [3.63, 3.8) is 0 Å². The number of Topliss-reactive ketones (excluding diaryl/α,β-unsaturated/α-hetero) is 1. The van der Waals surface area contributed by atoms with Gasteiger partial charge < -0.3 is 27.3 Å². The van der Waals surface area contributed by atoms with E-state index < -0.39 is 29.2 Å². The lowest BCUT2D eigenvalue weighted by molar-refractivity contribution is -0.137. The Bertz CT molecular complexity index is 1170. The monoisotopic (exact) mass is 501 g/mol. The Labute approximate surface area is 217 Å². The molecule has 0 bridgehead atoms. The van der Waals surface area contributed by atoms with Crippen LogP contribution in [0.1, 0.15) is 48.4 Å². The lowest BCUT2D eigenvalue weighted by Gasteiger charge is -2.32. The van der Waals surface area contributed by atoms with Gasteiger partial charge in [-0.05, 0) is 48.6 Å². The van der Waals surface area contributed by atoms with Crippen molar-refractivity contribution in [1.29, 1.82) is 0 Å². The molecule has 1 amide bonds. The van der Waals surface area contributed by atoms with Crippen molar-refractivity contribution in [1.82, 2.24) is 5.32 Å². The molecular formula is C29H35N5O3. The van der Waals surface area contributed by atoms with Gasteiger partial charge in [0.15, 0.2) is 17.3 Å². The second-order valence-corrected chi connectivity index (χ2v) is 8.97. The molecule has 0 saturated carbocycles. The van der Waals surface area contributed by atoms with Gasteiger partial charge in [0.05, 0.1) is 19.1 Å². The maximum absolute atomic E-state index is 14.3. The van der Waals surface area contributed by atoms with Crippen molar-refractivity contribution < 1.29 is 14.3 Å². The first-order valence-electron chi connectivity index (χ1n) is 12.2. The highest BCUT2D eigenvalue weighted by molar-refractivity contribution is 6.14. The molecule has 0 spiro atoms. The fourth-order valence-corrected chi connectivity index (χ4v) is 4.28. The molecule has 0 fully saturated rings. The maximum Gasteiger partial charge on any atom is 0.248 e. The molecule has 7 N–H and O–H groups in total. The van der Waals surface area contributed by atoms with Crippen molar-refractivity contribution in [3.8, 4) is 5.75 Å². The highest BCUT2D eigenvalue weighted by Gasteiger charge is 2.45. The fourth-order valence-electron chi connectivity index (χ4n) is 4.28. The number of amides is 1. The summed E-state index contributed by atoms with van der Waals surface area (Å²) >= 11 is 0. The van der Waals surface area contributed by atoms with E-state index in [1.54, 1.807) is 7.11 Å². The Morgan fingerprint density at radius 1 is 0.919 bits per heavy atom. The average Bonchev–Trinajstić information content (AvgIpc) is 2.92. The SMILES string of the molecule is COc1cccc([C@H](C)NC(=O)[C@@](N)(CCCN=C(N)N)C(=O)C(c2ccccc2)c2ccccc2)c1. The highest BCUT2D eigenvalue weighted by atomic mass is 16.5. The van der Waals surface area contributed by atoms with Crippen LogP contribution in [-0.2, 0) is 9.59 Å². The quantitative estimate of drug-likeness (QED) is 0.130. The zero-order valence-electron chi connectivity index (χ0n) is 21.3. The standard InChI is InChI=1S/C29H35N5O3/c1-20(23-15-9-16-24(19-23)37-2)34-27(36)29(32,17-10-18-33-28(30)31)26(35)25(21-11-5-3-6-12-21)22-13-7-4-8-14-22/h3-9,11-16,19-20,25H,10,17-18,32H2,1-2H3,(H,34,36)(H4,30,31,33)/t20-,29+/m0/s1. The number of ether oxygens (including phenoxy) is 1. The predicted molar refractivity (Wildman–Crippen MR) is 146 cm³/mol. The number of methoxy groups -OCH3 is 1. The zero-order valence-corrected chi connectivity index (χ0v) is 21.3. The van der Waals surface area contributed by atoms with Gasteiger partial charge in [-0.2, -0.15) is 0 Å². The molecular weight excluding hydrogens is 466 g/mol. The Balaban J connectivity index is 1.97. The van der Waals surface area contributed by atoms with E-state index in [4.69, 9.17) is 21.9 Å². The Morgan fingerprint density at radius 3 is 2.03 bits per heavy atom. The number of hydrogen-bond donors (Lipinski definition) is 4. The topological polar surface area (TPSA) is 146 Å². The summed E-state index contributed by atoms with van der Waals surface area (Å²) in [6.07, 6.45) is 0.410. The molecule has 37 heavy (non-hydrogen) atoms. The number of guanidine groups is 1. The van der Waals surface area contributed by atoms with E-state index in [1.807, 2.05) is 91.9 Å². The van der Waals surface area contributed by atoms with E-state index in [1.165, 1.54) is 0 Å². The van der Waals surface area contributed by atoms with Gasteiger partial charge >= 0.3 is 0 Å². The van der Waals surface area contributed by atoms with Crippen LogP contribution in [0.3, 0.4) is 0 Å². The second-order valence-electron chi connectivity index (χ2n) is 8.97. The van der Waals surface area contributed by atoms with Gasteiger partial charge in [-0.25, -0.2) is 0 Å². The van der Waals surface area contributed by atoms with Gasteiger partial charge in [0.2, 0.25) is 5.91 Å². The zero-order chi connectivity index (χ0) is 26.8. The number of ketones is 1. The van der Waals surface area contributed by atoms with Gasteiger partial charge in [-0.3, -0.25) is 14.6 Å². The number of carbonyl (C=O) groups excluding carboxylic acids is 2. The van der Waals surface area contributed by atoms with Crippen LogP contribution < -0.4 is 27.3 Å². The van der Waals surface area contributed by atoms with Crippen LogP contribution in [0.5, 0.6) is 5.75 Å². The van der Waals surface area contributed by atoms with E-state index in [0.29, 0.717) is 12.2 Å². The van der Waals surface area contributed by atoms with Gasteiger partial charge in [-0.15, -0.1) is 0 Å². The molecule has 0 aromatic heterocycles. The molecule has 0 aliphatic rings. The minimum Gasteiger partial charge on any atom is -0.497 e. The fraction of sp³-hybridized carbons (Fsp3) is 0.276. The first-order valence-corrected chi connectivity index (χ1v) is 12.2. The molecule has 0 saturated heterocycles. The van der Waals surface area contributed by atoms with E-state index in [2.05, 4.69) is 10.3 Å². The van der Waals surface area contributed by atoms with Crippen molar-refractivity contribution in [2.45, 2.75) is 37.3 Å². The summed E-state index contributed by atoms with van der Waals surface area (Å²) in [4.78, 5) is 32.0. The number of rotatable bonds is 12. The van der Waals surface area contributed by atoms with Crippen molar-refractivity contribution in [3.05, 3.63) is 102 Å². The van der Waals surface area contributed by atoms with Crippen LogP contribution in [-0.4, -0.2) is 36.8 Å². The Hall–Kier alpha value is -4.17. The first kappa shape index (κ1) is 27.4. The number of carbonyl (C=O) groups is 2. The molecule has 8 nitrogen and oxygen atoms in total. The largest absolute Gasteiger partial charge is 0.497 e. The molecule has 0 aliphatic heterocycles. The van der Waals surface area contributed by atoms with Crippen LogP contribution in [0.4, 0.5) is 0 Å². The van der Waals surface area contributed by atoms with Crippen molar-refractivity contribution >= 4 is 17.6 Å². The normalized spacial score (nSPS) is 13.3. The molecule has 0 unspecified atom stereocenters. The Morgan fingerprint density at radius 2 is 1.49 bits per heavy atom. The number of aliphatic imine (C=N–C) groups is 1. The van der Waals surface area contributed by atoms with Crippen molar-refractivity contribution in [2.75, 3.05) is 13.7 Å². The minimum atomic E-state index is -1.83. The maximum atomic E-state index is 14.3. The third-order valence-electron chi connectivity index (χ3n) is 6.34. The van der Waals surface area contributed by atoms with Gasteiger partial charge in [0.1, 0.15) is 5.75 Å². The summed E-state index contributed by atoms with van der Waals surface area (Å²) < 4.78 is 5.31. The molecule has 8 heteroatoms. The van der Waals surface area contributed by atoms with E-state index in [9.17, 15) is 9.59 Å². The smallest absolute Gasteiger partial charge is 0.248 e.